The number of aliphatic imine (C=N–C) groups is 1. The zero-order chi connectivity index (χ0) is 18.8. The monoisotopic (exact) mass is 506 g/mol. The maximum absolute atomic E-state index is 13.7. The highest BCUT2D eigenvalue weighted by atomic mass is 127. The fourth-order valence-corrected chi connectivity index (χ4v) is 3.20. The summed E-state index contributed by atoms with van der Waals surface area (Å²) >= 11 is 1.75. The maximum Gasteiger partial charge on any atom is 0.191 e. The Bertz CT molecular complexity index is 711. The van der Waals surface area contributed by atoms with Crippen LogP contribution in [0.1, 0.15) is 30.2 Å². The molecule has 150 valence electrons. The number of rotatable bonds is 9. The summed E-state index contributed by atoms with van der Waals surface area (Å²) in [4.78, 5) is 9.94. The lowest BCUT2D eigenvalue weighted by atomic mass is 10.2. The molecule has 1 unspecified atom stereocenters. The number of aryl methyl sites for hydroxylation is 1. The molecule has 2 rings (SSSR count). The third-order valence-corrected chi connectivity index (χ3v) is 5.09. The van der Waals surface area contributed by atoms with Gasteiger partial charge in [-0.1, -0.05) is 26.0 Å². The van der Waals surface area contributed by atoms with Crippen LogP contribution in [0.4, 0.5) is 4.39 Å². The predicted molar refractivity (Wildman–Crippen MR) is 121 cm³/mol. The van der Waals surface area contributed by atoms with Gasteiger partial charge in [0.25, 0.3) is 0 Å². The Morgan fingerprint density at radius 3 is 2.70 bits per heavy atom. The van der Waals surface area contributed by atoms with Crippen LogP contribution in [0, 0.1) is 5.82 Å². The minimum Gasteiger partial charge on any atom is -0.486 e. The highest BCUT2D eigenvalue weighted by Gasteiger charge is 2.12. The van der Waals surface area contributed by atoms with E-state index in [-0.39, 0.29) is 41.6 Å². The van der Waals surface area contributed by atoms with Crippen LogP contribution >= 0.6 is 35.3 Å². The van der Waals surface area contributed by atoms with Crippen molar-refractivity contribution in [3.05, 3.63) is 46.2 Å². The van der Waals surface area contributed by atoms with Crippen LogP contribution in [0.25, 0.3) is 0 Å². The normalized spacial score (nSPS) is 12.2. The van der Waals surface area contributed by atoms with Gasteiger partial charge in [0, 0.05) is 31.1 Å². The molecular formula is C19H28FIN4OS. The van der Waals surface area contributed by atoms with Crippen LogP contribution < -0.4 is 15.4 Å². The molecule has 0 radical (unpaired) electrons. The molecular weight excluding hydrogens is 478 g/mol. The minimum atomic E-state index is -0.344. The second-order valence-electron chi connectivity index (χ2n) is 5.78. The summed E-state index contributed by atoms with van der Waals surface area (Å²) in [6, 6.07) is 6.46. The summed E-state index contributed by atoms with van der Waals surface area (Å²) in [5, 5.41) is 7.64. The van der Waals surface area contributed by atoms with E-state index in [1.165, 1.54) is 10.9 Å². The zero-order valence-corrected chi connectivity index (χ0v) is 19.1. The van der Waals surface area contributed by atoms with Gasteiger partial charge in [-0.15, -0.1) is 35.3 Å². The average Bonchev–Trinajstić information content (AvgIpc) is 3.12. The van der Waals surface area contributed by atoms with Gasteiger partial charge in [-0.2, -0.15) is 0 Å². The molecule has 0 fully saturated rings. The van der Waals surface area contributed by atoms with Crippen LogP contribution in [0.5, 0.6) is 5.75 Å². The van der Waals surface area contributed by atoms with Crippen LogP contribution in [0.3, 0.4) is 0 Å². The van der Waals surface area contributed by atoms with E-state index in [4.69, 9.17) is 4.74 Å². The van der Waals surface area contributed by atoms with Crippen LogP contribution in [0.15, 0.2) is 35.5 Å². The van der Waals surface area contributed by atoms with Gasteiger partial charge < -0.3 is 15.4 Å². The van der Waals surface area contributed by atoms with Gasteiger partial charge in [-0.05, 0) is 25.0 Å². The molecule has 1 heterocycles. The van der Waals surface area contributed by atoms with Crippen molar-refractivity contribution in [3.8, 4) is 5.75 Å². The van der Waals surface area contributed by atoms with Gasteiger partial charge in [0.1, 0.15) is 6.10 Å². The zero-order valence-electron chi connectivity index (χ0n) is 16.0. The first-order valence-corrected chi connectivity index (χ1v) is 9.77. The summed E-state index contributed by atoms with van der Waals surface area (Å²) < 4.78 is 19.5. The van der Waals surface area contributed by atoms with E-state index in [0.29, 0.717) is 12.5 Å². The van der Waals surface area contributed by atoms with Crippen molar-refractivity contribution in [3.63, 3.8) is 0 Å². The molecule has 2 aromatic rings. The first-order valence-electron chi connectivity index (χ1n) is 8.95. The summed E-state index contributed by atoms with van der Waals surface area (Å²) in [6.45, 7) is 5.44. The predicted octanol–water partition coefficient (Wildman–Crippen LogP) is 4.03. The molecule has 0 aliphatic carbocycles. The number of aromatic nitrogens is 1. The number of hydrogen-bond donors (Lipinski definition) is 2. The topological polar surface area (TPSA) is 58.5 Å². The molecule has 0 aliphatic heterocycles. The standard InChI is InChI=1S/C19H27FN4OS.HI/c1-4-14(25-17-9-7-6-8-16(17)20)12-24-19(21-3)22-11-10-18-23-13-15(5-2)26-18;/h6-9,13-14H,4-5,10-12H2,1-3H3,(H2,21,22,24);1H. The van der Waals surface area contributed by atoms with Crippen molar-refractivity contribution in [2.75, 3.05) is 20.1 Å². The maximum atomic E-state index is 13.7. The third-order valence-electron chi connectivity index (χ3n) is 3.89. The Morgan fingerprint density at radius 1 is 1.30 bits per heavy atom. The minimum absolute atomic E-state index is 0. The average molecular weight is 506 g/mol. The van der Waals surface area contributed by atoms with Crippen molar-refractivity contribution in [2.45, 2.75) is 39.2 Å². The summed E-state index contributed by atoms with van der Waals surface area (Å²) in [5.41, 5.74) is 0. The second kappa shape index (κ2) is 12.9. The highest BCUT2D eigenvalue weighted by molar-refractivity contribution is 14.0. The number of thiazole rings is 1. The van der Waals surface area contributed by atoms with E-state index in [1.807, 2.05) is 13.1 Å². The molecule has 0 aliphatic rings. The molecule has 0 amide bonds. The van der Waals surface area contributed by atoms with Crippen molar-refractivity contribution in [2.24, 2.45) is 4.99 Å². The van der Waals surface area contributed by atoms with Gasteiger partial charge in [0.2, 0.25) is 0 Å². The molecule has 5 nitrogen and oxygen atoms in total. The van der Waals surface area contributed by atoms with Gasteiger partial charge in [-0.3, -0.25) is 4.99 Å². The summed E-state index contributed by atoms with van der Waals surface area (Å²) in [7, 11) is 1.73. The van der Waals surface area contributed by atoms with Crippen molar-refractivity contribution < 1.29 is 9.13 Å². The van der Waals surface area contributed by atoms with Crippen molar-refractivity contribution in [1.82, 2.24) is 15.6 Å². The fourth-order valence-electron chi connectivity index (χ4n) is 2.34. The lowest BCUT2D eigenvalue weighted by Crippen LogP contribution is -2.43. The number of nitrogens with zero attached hydrogens (tertiary/aromatic N) is 2. The number of hydrogen-bond acceptors (Lipinski definition) is 4. The highest BCUT2D eigenvalue weighted by Crippen LogP contribution is 2.17. The van der Waals surface area contributed by atoms with Crippen molar-refractivity contribution in [1.29, 1.82) is 0 Å². The molecule has 2 N–H and O–H groups in total. The molecule has 27 heavy (non-hydrogen) atoms. The molecule has 1 atom stereocenters. The number of benzene rings is 1. The van der Waals surface area contributed by atoms with E-state index in [9.17, 15) is 4.39 Å². The molecule has 1 aromatic heterocycles. The number of nitrogens with one attached hydrogen (secondary N) is 2. The Kier molecular flexibility index (Phi) is 11.3. The van der Waals surface area contributed by atoms with E-state index in [2.05, 4.69) is 27.5 Å². The smallest absolute Gasteiger partial charge is 0.191 e. The quantitative estimate of drug-likeness (QED) is 0.307. The molecule has 0 bridgehead atoms. The number of guanidine groups is 1. The van der Waals surface area contributed by atoms with E-state index >= 15 is 0 Å². The van der Waals surface area contributed by atoms with Crippen LogP contribution in [-0.4, -0.2) is 37.2 Å². The lowest BCUT2D eigenvalue weighted by Gasteiger charge is -2.20. The van der Waals surface area contributed by atoms with Gasteiger partial charge in [0.05, 0.1) is 11.6 Å². The number of halogens is 2. The number of ether oxygens (including phenoxy) is 1. The van der Waals surface area contributed by atoms with E-state index < -0.39 is 0 Å². The van der Waals surface area contributed by atoms with Crippen molar-refractivity contribution >= 4 is 41.3 Å². The Hall–Kier alpha value is -1.42. The summed E-state index contributed by atoms with van der Waals surface area (Å²) in [6.07, 6.45) is 4.44. The Labute approximate surface area is 181 Å². The van der Waals surface area contributed by atoms with Crippen LogP contribution in [-0.2, 0) is 12.8 Å². The number of para-hydroxylation sites is 1. The first kappa shape index (κ1) is 23.6. The SMILES string of the molecule is CCc1cnc(CCNC(=NC)NCC(CC)Oc2ccccc2F)s1.I. The molecule has 0 spiro atoms. The molecule has 1 aromatic carbocycles. The molecule has 8 heteroatoms. The third kappa shape index (κ3) is 8.00. The summed E-state index contributed by atoms with van der Waals surface area (Å²) in [5.74, 6) is 0.635. The molecule has 0 saturated heterocycles. The largest absolute Gasteiger partial charge is 0.486 e. The Morgan fingerprint density at radius 2 is 2.07 bits per heavy atom. The first-order chi connectivity index (χ1) is 12.7. The lowest BCUT2D eigenvalue weighted by molar-refractivity contribution is 0.191. The van der Waals surface area contributed by atoms with Gasteiger partial charge >= 0.3 is 0 Å². The van der Waals surface area contributed by atoms with E-state index in [0.717, 1.165) is 30.8 Å². The Balaban J connectivity index is 0.00000364. The second-order valence-corrected chi connectivity index (χ2v) is 6.98. The fraction of sp³-hybridized carbons (Fsp3) is 0.474. The van der Waals surface area contributed by atoms with Gasteiger partial charge in [-0.25, -0.2) is 9.37 Å². The van der Waals surface area contributed by atoms with Gasteiger partial charge in [0.15, 0.2) is 17.5 Å². The molecule has 0 saturated carbocycles. The van der Waals surface area contributed by atoms with E-state index in [1.54, 1.807) is 36.6 Å². The van der Waals surface area contributed by atoms with Crippen LogP contribution in [0.2, 0.25) is 0 Å².